The molecule has 33 heavy (non-hydrogen) atoms. The third kappa shape index (κ3) is 4.23. The van der Waals surface area contributed by atoms with Gasteiger partial charge in [-0.05, 0) is 35.4 Å². The normalized spacial score (nSPS) is 15.0. The molecular formula is C22H19N3O7S. The Balaban J connectivity index is 1.60. The van der Waals surface area contributed by atoms with Crippen LogP contribution in [-0.4, -0.2) is 52.2 Å². The molecule has 0 saturated carbocycles. The van der Waals surface area contributed by atoms with Gasteiger partial charge in [0.25, 0.3) is 5.91 Å². The van der Waals surface area contributed by atoms with Gasteiger partial charge in [0.15, 0.2) is 0 Å². The van der Waals surface area contributed by atoms with Crippen molar-refractivity contribution in [1.82, 2.24) is 10.6 Å². The van der Waals surface area contributed by atoms with E-state index in [1.54, 1.807) is 18.2 Å². The van der Waals surface area contributed by atoms with E-state index in [2.05, 4.69) is 16.0 Å². The molecule has 0 saturated heterocycles. The van der Waals surface area contributed by atoms with Crippen LogP contribution in [0.15, 0.2) is 36.4 Å². The number of carbonyl (C=O) groups excluding carboxylic acids is 2. The van der Waals surface area contributed by atoms with Crippen molar-refractivity contribution in [2.24, 2.45) is 0 Å². The summed E-state index contributed by atoms with van der Waals surface area (Å²) in [4.78, 5) is 47.8. The van der Waals surface area contributed by atoms with E-state index in [1.807, 2.05) is 12.1 Å². The van der Waals surface area contributed by atoms with Crippen LogP contribution in [0.4, 0.5) is 5.00 Å². The van der Waals surface area contributed by atoms with E-state index in [4.69, 9.17) is 5.11 Å². The van der Waals surface area contributed by atoms with E-state index < -0.39 is 29.8 Å². The number of phenolic OH excluding ortho intramolecular Hbond substituents is 1. The van der Waals surface area contributed by atoms with Crippen molar-refractivity contribution in [2.75, 3.05) is 18.4 Å². The fraction of sp³-hybridized carbons (Fsp3) is 0.182. The van der Waals surface area contributed by atoms with Gasteiger partial charge in [-0.15, -0.1) is 11.3 Å². The van der Waals surface area contributed by atoms with Crippen LogP contribution in [0.2, 0.25) is 0 Å². The second-order valence-electron chi connectivity index (χ2n) is 7.36. The number of amides is 2. The number of carbonyl (C=O) groups is 4. The summed E-state index contributed by atoms with van der Waals surface area (Å²) in [6, 6.07) is 9.84. The number of phenols is 1. The number of hydrogen-bond donors (Lipinski definition) is 6. The predicted molar refractivity (Wildman–Crippen MR) is 120 cm³/mol. The van der Waals surface area contributed by atoms with Gasteiger partial charge in [0, 0.05) is 11.4 Å². The molecule has 10 nitrogen and oxygen atoms in total. The number of benzene rings is 2. The SMILES string of the molecule is O=C(O)C(=O)Nc1sc2c(c1C(=O)O)CCNC2CNC(=O)c1c(O)ccc2ccccc12. The van der Waals surface area contributed by atoms with Crippen LogP contribution in [0, 0.1) is 0 Å². The lowest BCUT2D eigenvalue weighted by Gasteiger charge is -2.24. The van der Waals surface area contributed by atoms with Gasteiger partial charge in [0.2, 0.25) is 0 Å². The third-order valence-corrected chi connectivity index (χ3v) is 6.62. The van der Waals surface area contributed by atoms with Crippen LogP contribution >= 0.6 is 11.3 Å². The van der Waals surface area contributed by atoms with Crippen LogP contribution in [0.3, 0.4) is 0 Å². The maximum atomic E-state index is 12.9. The maximum Gasteiger partial charge on any atom is 0.394 e. The first-order valence-electron chi connectivity index (χ1n) is 9.93. The number of aromatic hydroxyl groups is 1. The summed E-state index contributed by atoms with van der Waals surface area (Å²) in [6.07, 6.45) is 0.366. The fourth-order valence-corrected chi connectivity index (χ4v) is 5.21. The molecule has 1 aromatic heterocycles. The number of aromatic carboxylic acids is 1. The monoisotopic (exact) mass is 469 g/mol. The third-order valence-electron chi connectivity index (χ3n) is 5.36. The first kappa shape index (κ1) is 22.2. The molecule has 2 amide bonds. The Kier molecular flexibility index (Phi) is 5.99. The van der Waals surface area contributed by atoms with Gasteiger partial charge in [-0.2, -0.15) is 0 Å². The second-order valence-corrected chi connectivity index (χ2v) is 8.41. The Morgan fingerprint density at radius 2 is 1.82 bits per heavy atom. The quantitative estimate of drug-likeness (QED) is 0.309. The van der Waals surface area contributed by atoms with Gasteiger partial charge < -0.3 is 31.3 Å². The number of rotatable bonds is 5. The predicted octanol–water partition coefficient (Wildman–Crippen LogP) is 1.94. The van der Waals surface area contributed by atoms with E-state index in [-0.39, 0.29) is 28.4 Å². The number of fused-ring (bicyclic) bond motifs is 2. The molecule has 0 radical (unpaired) electrons. The zero-order chi connectivity index (χ0) is 23.7. The van der Waals surface area contributed by atoms with Crippen LogP contribution in [0.1, 0.15) is 37.2 Å². The Morgan fingerprint density at radius 3 is 2.55 bits per heavy atom. The summed E-state index contributed by atoms with van der Waals surface area (Å²) in [7, 11) is 0. The van der Waals surface area contributed by atoms with E-state index in [0.717, 1.165) is 16.7 Å². The highest BCUT2D eigenvalue weighted by atomic mass is 32.1. The van der Waals surface area contributed by atoms with Crippen molar-refractivity contribution in [3.8, 4) is 5.75 Å². The summed E-state index contributed by atoms with van der Waals surface area (Å²) in [5.74, 6) is -4.99. The molecule has 170 valence electrons. The van der Waals surface area contributed by atoms with E-state index in [0.29, 0.717) is 28.8 Å². The van der Waals surface area contributed by atoms with Crippen molar-refractivity contribution in [2.45, 2.75) is 12.5 Å². The summed E-state index contributed by atoms with van der Waals surface area (Å²) >= 11 is 0.958. The topological polar surface area (TPSA) is 165 Å². The molecule has 0 spiro atoms. The molecule has 6 N–H and O–H groups in total. The standard InChI is InChI=1S/C22H19N3O7S/c26-14-6-5-10-3-1-2-4-11(10)15(14)18(27)24-9-13-17-12(7-8-23-13)16(21(29)30)20(33-17)25-19(28)22(31)32/h1-6,13,23,26H,7-9H2,(H,24,27)(H,25,28)(H,29,30)(H,31,32). The number of aliphatic carboxylic acids is 1. The lowest BCUT2D eigenvalue weighted by molar-refractivity contribution is -0.147. The van der Waals surface area contributed by atoms with Crippen LogP contribution in [0.5, 0.6) is 5.75 Å². The Hall–Kier alpha value is -3.96. The highest BCUT2D eigenvalue weighted by molar-refractivity contribution is 7.17. The molecule has 1 unspecified atom stereocenters. The van der Waals surface area contributed by atoms with Crippen molar-refractivity contribution >= 4 is 50.9 Å². The molecule has 0 aliphatic carbocycles. The fourth-order valence-electron chi connectivity index (χ4n) is 3.89. The molecule has 1 aliphatic rings. The van der Waals surface area contributed by atoms with Crippen molar-refractivity contribution < 1.29 is 34.5 Å². The summed E-state index contributed by atoms with van der Waals surface area (Å²) in [5.41, 5.74) is 0.476. The molecule has 0 bridgehead atoms. The van der Waals surface area contributed by atoms with Crippen molar-refractivity contribution in [3.63, 3.8) is 0 Å². The molecule has 4 rings (SSSR count). The zero-order valence-corrected chi connectivity index (χ0v) is 17.9. The highest BCUT2D eigenvalue weighted by Gasteiger charge is 2.32. The van der Waals surface area contributed by atoms with E-state index in [1.165, 1.54) is 6.07 Å². The zero-order valence-electron chi connectivity index (χ0n) is 17.0. The minimum Gasteiger partial charge on any atom is -0.507 e. The molecule has 1 aliphatic heterocycles. The lowest BCUT2D eigenvalue weighted by atomic mass is 9.98. The Bertz CT molecular complexity index is 1300. The van der Waals surface area contributed by atoms with Crippen molar-refractivity contribution in [1.29, 1.82) is 0 Å². The van der Waals surface area contributed by atoms with Gasteiger partial charge in [-0.1, -0.05) is 30.3 Å². The Labute approximate surface area is 190 Å². The van der Waals surface area contributed by atoms with Crippen LogP contribution in [0.25, 0.3) is 10.8 Å². The van der Waals surface area contributed by atoms with Gasteiger partial charge >= 0.3 is 17.8 Å². The molecule has 2 heterocycles. The molecular weight excluding hydrogens is 450 g/mol. The first-order chi connectivity index (χ1) is 15.8. The number of thiophene rings is 1. The molecule has 0 fully saturated rings. The van der Waals surface area contributed by atoms with Crippen molar-refractivity contribution in [3.05, 3.63) is 58.0 Å². The molecule has 3 aromatic rings. The number of carboxylic acids is 2. The Morgan fingerprint density at radius 1 is 1.06 bits per heavy atom. The first-order valence-corrected chi connectivity index (χ1v) is 10.7. The number of nitrogens with one attached hydrogen (secondary N) is 3. The highest BCUT2D eigenvalue weighted by Crippen LogP contribution is 2.39. The van der Waals surface area contributed by atoms with Crippen LogP contribution in [-0.2, 0) is 16.0 Å². The molecule has 1 atom stereocenters. The van der Waals surface area contributed by atoms with Gasteiger partial charge in [-0.3, -0.25) is 9.59 Å². The summed E-state index contributed by atoms with van der Waals surface area (Å²) in [5, 5.41) is 38.2. The summed E-state index contributed by atoms with van der Waals surface area (Å²) in [6.45, 7) is 0.511. The van der Waals surface area contributed by atoms with Crippen LogP contribution < -0.4 is 16.0 Å². The maximum absolute atomic E-state index is 12.9. The van der Waals surface area contributed by atoms with Gasteiger partial charge in [0.1, 0.15) is 10.8 Å². The number of hydrogen-bond acceptors (Lipinski definition) is 7. The minimum absolute atomic E-state index is 0.0633. The summed E-state index contributed by atoms with van der Waals surface area (Å²) < 4.78 is 0. The second kappa shape index (κ2) is 8.88. The molecule has 11 heteroatoms. The van der Waals surface area contributed by atoms with Gasteiger partial charge in [0.05, 0.1) is 17.2 Å². The molecule has 2 aromatic carbocycles. The average Bonchev–Trinajstić information content (AvgIpc) is 3.16. The largest absolute Gasteiger partial charge is 0.507 e. The van der Waals surface area contributed by atoms with E-state index >= 15 is 0 Å². The average molecular weight is 469 g/mol. The van der Waals surface area contributed by atoms with E-state index in [9.17, 15) is 29.4 Å². The smallest absolute Gasteiger partial charge is 0.394 e. The minimum atomic E-state index is -1.73. The van der Waals surface area contributed by atoms with Gasteiger partial charge in [-0.25, -0.2) is 9.59 Å². The number of carboxylic acid groups (broad SMARTS) is 2. The number of anilines is 1. The lowest BCUT2D eigenvalue weighted by Crippen LogP contribution is -2.38.